The minimum atomic E-state index is -3.72. The minimum absolute atomic E-state index is 0.0105. The number of Topliss-reactive ketones (excluding diaryl/α,β-unsaturated/α-hetero) is 1. The molecule has 0 saturated carbocycles. The van der Waals surface area contributed by atoms with Crippen molar-refractivity contribution in [3.63, 3.8) is 0 Å². The summed E-state index contributed by atoms with van der Waals surface area (Å²) in [6.07, 6.45) is -0.0105. The number of carbonyl (C=O) groups is 2. The van der Waals surface area contributed by atoms with E-state index < -0.39 is 10.0 Å². The number of aromatic nitrogens is 1. The van der Waals surface area contributed by atoms with Gasteiger partial charge in [0, 0.05) is 23.9 Å². The zero-order chi connectivity index (χ0) is 17.7. The molecule has 0 saturated heterocycles. The number of aryl methyl sites for hydroxylation is 1. The monoisotopic (exact) mass is 367 g/mol. The second-order valence-corrected chi connectivity index (χ2v) is 7.70. The number of nitrogens with zero attached hydrogens (tertiary/aromatic N) is 1. The molecule has 128 valence electrons. The topological polar surface area (TPSA) is 105 Å². The van der Waals surface area contributed by atoms with Crippen LogP contribution in [0.2, 0.25) is 0 Å². The molecule has 1 aromatic heterocycles. The van der Waals surface area contributed by atoms with Crippen LogP contribution in [0.25, 0.3) is 0 Å². The minimum Gasteiger partial charge on any atom is -0.302 e. The lowest BCUT2D eigenvalue weighted by Crippen LogP contribution is -2.27. The SMILES string of the molecule is CC(=O)c1ccc(S(=O)(=O)NCCC(=O)Nc2nc(C)cs2)cc1. The molecule has 1 amide bonds. The van der Waals surface area contributed by atoms with E-state index >= 15 is 0 Å². The Hall–Kier alpha value is -2.10. The summed E-state index contributed by atoms with van der Waals surface area (Å²) in [5.74, 6) is -0.458. The number of nitrogens with one attached hydrogen (secondary N) is 2. The molecule has 2 N–H and O–H groups in total. The van der Waals surface area contributed by atoms with Crippen molar-refractivity contribution in [2.24, 2.45) is 0 Å². The fourth-order valence-corrected chi connectivity index (χ4v) is 3.58. The van der Waals surface area contributed by atoms with Crippen molar-refractivity contribution >= 4 is 38.2 Å². The molecule has 24 heavy (non-hydrogen) atoms. The number of hydrogen-bond donors (Lipinski definition) is 2. The summed E-state index contributed by atoms with van der Waals surface area (Å²) < 4.78 is 26.6. The van der Waals surface area contributed by atoms with Gasteiger partial charge in [0.05, 0.1) is 10.6 Å². The largest absolute Gasteiger partial charge is 0.302 e. The van der Waals surface area contributed by atoms with E-state index in [4.69, 9.17) is 0 Å². The van der Waals surface area contributed by atoms with Crippen LogP contribution in [0.4, 0.5) is 5.13 Å². The lowest BCUT2D eigenvalue weighted by atomic mass is 10.2. The van der Waals surface area contributed by atoms with Crippen LogP contribution in [-0.2, 0) is 14.8 Å². The number of ketones is 1. The molecule has 0 aliphatic heterocycles. The maximum atomic E-state index is 12.1. The van der Waals surface area contributed by atoms with Crippen molar-refractivity contribution < 1.29 is 18.0 Å². The van der Waals surface area contributed by atoms with E-state index in [-0.39, 0.29) is 29.6 Å². The number of rotatable bonds is 7. The van der Waals surface area contributed by atoms with Crippen LogP contribution in [0.1, 0.15) is 29.4 Å². The molecule has 0 atom stereocenters. The lowest BCUT2D eigenvalue weighted by molar-refractivity contribution is -0.116. The van der Waals surface area contributed by atoms with Crippen LogP contribution < -0.4 is 10.0 Å². The van der Waals surface area contributed by atoms with Gasteiger partial charge in [-0.25, -0.2) is 18.1 Å². The third kappa shape index (κ3) is 4.95. The normalized spacial score (nSPS) is 11.2. The zero-order valence-corrected chi connectivity index (χ0v) is 14.8. The van der Waals surface area contributed by atoms with E-state index in [2.05, 4.69) is 15.0 Å². The number of sulfonamides is 1. The maximum absolute atomic E-state index is 12.1. The van der Waals surface area contributed by atoms with E-state index in [1.54, 1.807) is 0 Å². The highest BCUT2D eigenvalue weighted by Gasteiger charge is 2.15. The Morgan fingerprint density at radius 2 is 1.88 bits per heavy atom. The van der Waals surface area contributed by atoms with Crippen molar-refractivity contribution in [3.8, 4) is 0 Å². The highest BCUT2D eigenvalue weighted by atomic mass is 32.2. The first kappa shape index (κ1) is 18.2. The molecule has 7 nitrogen and oxygen atoms in total. The van der Waals surface area contributed by atoms with Gasteiger partial charge in [0.15, 0.2) is 10.9 Å². The molecular weight excluding hydrogens is 350 g/mol. The predicted octanol–water partition coefficient (Wildman–Crippen LogP) is 1.96. The van der Waals surface area contributed by atoms with Crippen LogP contribution in [0, 0.1) is 6.92 Å². The molecule has 1 aromatic carbocycles. The first-order valence-corrected chi connectivity index (χ1v) is 9.47. The summed E-state index contributed by atoms with van der Waals surface area (Å²) in [6, 6.07) is 5.62. The molecule has 1 heterocycles. The maximum Gasteiger partial charge on any atom is 0.240 e. The Morgan fingerprint density at radius 1 is 1.21 bits per heavy atom. The molecule has 0 unspecified atom stereocenters. The fraction of sp³-hybridized carbons (Fsp3) is 0.267. The highest BCUT2D eigenvalue weighted by molar-refractivity contribution is 7.89. The fourth-order valence-electron chi connectivity index (χ4n) is 1.84. The van der Waals surface area contributed by atoms with Crippen molar-refractivity contribution in [1.82, 2.24) is 9.71 Å². The van der Waals surface area contributed by atoms with Gasteiger partial charge in [-0.05, 0) is 26.0 Å². The predicted molar refractivity (Wildman–Crippen MR) is 91.7 cm³/mol. The van der Waals surface area contributed by atoms with Gasteiger partial charge in [0.1, 0.15) is 0 Å². The van der Waals surface area contributed by atoms with Crippen molar-refractivity contribution in [2.75, 3.05) is 11.9 Å². The van der Waals surface area contributed by atoms with Crippen LogP contribution in [0.3, 0.4) is 0 Å². The Labute approximate surface area is 144 Å². The average molecular weight is 367 g/mol. The van der Waals surface area contributed by atoms with Gasteiger partial charge in [0.2, 0.25) is 15.9 Å². The standard InChI is InChI=1S/C15H17N3O4S2/c1-10-9-23-15(17-10)18-14(20)7-8-16-24(21,22)13-5-3-12(4-6-13)11(2)19/h3-6,9,16H,7-8H2,1-2H3,(H,17,18,20). The second-order valence-electron chi connectivity index (χ2n) is 5.07. The number of carbonyl (C=O) groups excluding carboxylic acids is 2. The molecule has 0 radical (unpaired) electrons. The zero-order valence-electron chi connectivity index (χ0n) is 13.2. The Balaban J connectivity index is 1.88. The molecule has 9 heteroatoms. The summed E-state index contributed by atoms with van der Waals surface area (Å²) in [5.41, 5.74) is 1.25. The Kier molecular flexibility index (Phi) is 5.81. The molecule has 0 spiro atoms. The third-order valence-electron chi connectivity index (χ3n) is 3.08. The lowest BCUT2D eigenvalue weighted by Gasteiger charge is -2.07. The molecule has 0 bridgehead atoms. The van der Waals surface area contributed by atoms with E-state index in [9.17, 15) is 18.0 Å². The van der Waals surface area contributed by atoms with E-state index in [1.807, 2.05) is 12.3 Å². The number of thiazole rings is 1. The van der Waals surface area contributed by atoms with Crippen molar-refractivity contribution in [3.05, 3.63) is 40.9 Å². The second kappa shape index (κ2) is 7.65. The number of amides is 1. The van der Waals surface area contributed by atoms with Gasteiger partial charge in [-0.15, -0.1) is 11.3 Å². The van der Waals surface area contributed by atoms with Gasteiger partial charge in [0.25, 0.3) is 0 Å². The summed E-state index contributed by atoms with van der Waals surface area (Å²) in [4.78, 5) is 27.1. The van der Waals surface area contributed by atoms with Gasteiger partial charge in [-0.3, -0.25) is 9.59 Å². The van der Waals surface area contributed by atoms with Crippen LogP contribution in [0.15, 0.2) is 34.5 Å². The summed E-state index contributed by atoms with van der Waals surface area (Å²) in [5, 5.41) is 4.90. The Morgan fingerprint density at radius 3 is 2.42 bits per heavy atom. The smallest absolute Gasteiger partial charge is 0.240 e. The van der Waals surface area contributed by atoms with E-state index in [1.165, 1.54) is 42.5 Å². The molecule has 0 aliphatic carbocycles. The number of hydrogen-bond acceptors (Lipinski definition) is 6. The van der Waals surface area contributed by atoms with Crippen LogP contribution in [0.5, 0.6) is 0 Å². The average Bonchev–Trinajstić information content (AvgIpc) is 2.92. The van der Waals surface area contributed by atoms with E-state index in [0.29, 0.717) is 10.7 Å². The molecule has 2 rings (SSSR count). The molecular formula is C15H17N3O4S2. The first-order chi connectivity index (χ1) is 11.3. The summed E-state index contributed by atoms with van der Waals surface area (Å²) in [7, 11) is -3.72. The molecule has 0 fully saturated rings. The Bertz CT molecular complexity index is 842. The third-order valence-corrected chi connectivity index (χ3v) is 5.43. The van der Waals surface area contributed by atoms with Crippen molar-refractivity contribution in [1.29, 1.82) is 0 Å². The quantitative estimate of drug-likeness (QED) is 0.728. The summed E-state index contributed by atoms with van der Waals surface area (Å²) in [6.45, 7) is 3.19. The molecule has 2 aromatic rings. The van der Waals surface area contributed by atoms with E-state index in [0.717, 1.165) is 5.69 Å². The summed E-state index contributed by atoms with van der Waals surface area (Å²) >= 11 is 1.31. The van der Waals surface area contributed by atoms with Crippen molar-refractivity contribution in [2.45, 2.75) is 25.2 Å². The van der Waals surface area contributed by atoms with Gasteiger partial charge in [-0.2, -0.15) is 0 Å². The van der Waals surface area contributed by atoms with Gasteiger partial charge >= 0.3 is 0 Å². The number of anilines is 1. The van der Waals surface area contributed by atoms with Gasteiger partial charge in [-0.1, -0.05) is 12.1 Å². The van der Waals surface area contributed by atoms with Crippen LogP contribution in [-0.4, -0.2) is 31.6 Å². The number of benzene rings is 1. The van der Waals surface area contributed by atoms with Crippen LogP contribution >= 0.6 is 11.3 Å². The first-order valence-electron chi connectivity index (χ1n) is 7.10. The molecule has 0 aliphatic rings. The van der Waals surface area contributed by atoms with Gasteiger partial charge < -0.3 is 5.32 Å². The highest BCUT2D eigenvalue weighted by Crippen LogP contribution is 2.14.